The van der Waals surface area contributed by atoms with Crippen molar-refractivity contribution in [3.05, 3.63) is 22.7 Å². The Morgan fingerprint density at radius 2 is 2.15 bits per heavy atom. The molecule has 0 spiro atoms. The van der Waals surface area contributed by atoms with Gasteiger partial charge in [-0.25, -0.2) is 4.39 Å². The highest BCUT2D eigenvalue weighted by Crippen LogP contribution is 2.29. The molecular formula is C9H10BrFO2. The highest BCUT2D eigenvalue weighted by Gasteiger charge is 2.03. The van der Waals surface area contributed by atoms with E-state index in [0.717, 1.165) is 4.47 Å². The summed E-state index contributed by atoms with van der Waals surface area (Å²) in [6, 6.07) is 5.34. The van der Waals surface area contributed by atoms with Gasteiger partial charge in [0.25, 0.3) is 0 Å². The molecule has 0 aliphatic rings. The summed E-state index contributed by atoms with van der Waals surface area (Å²) in [6.07, 6.45) is 0. The fraction of sp³-hybridized carbons (Fsp3) is 0.333. The Balaban J connectivity index is 2.81. The quantitative estimate of drug-likeness (QED) is 0.816. The van der Waals surface area contributed by atoms with Gasteiger partial charge >= 0.3 is 0 Å². The molecule has 0 saturated heterocycles. The molecule has 13 heavy (non-hydrogen) atoms. The number of ether oxygens (including phenoxy) is 2. The summed E-state index contributed by atoms with van der Waals surface area (Å²) in [5.74, 6) is 1.16. The van der Waals surface area contributed by atoms with E-state index in [4.69, 9.17) is 9.47 Å². The zero-order valence-corrected chi connectivity index (χ0v) is 8.80. The van der Waals surface area contributed by atoms with E-state index in [-0.39, 0.29) is 6.61 Å². The summed E-state index contributed by atoms with van der Waals surface area (Å²) in [6.45, 7) is -0.456. The van der Waals surface area contributed by atoms with Crippen molar-refractivity contribution in [2.75, 3.05) is 20.4 Å². The minimum absolute atomic E-state index is 0.0484. The molecule has 0 saturated carbocycles. The highest BCUT2D eigenvalue weighted by molar-refractivity contribution is 9.10. The summed E-state index contributed by atoms with van der Waals surface area (Å²) in [4.78, 5) is 0. The molecule has 0 aliphatic carbocycles. The number of hydrogen-bond acceptors (Lipinski definition) is 2. The van der Waals surface area contributed by atoms with E-state index in [1.54, 1.807) is 19.2 Å². The summed E-state index contributed by atoms with van der Waals surface area (Å²) in [5.41, 5.74) is 0. The van der Waals surface area contributed by atoms with Gasteiger partial charge in [-0.1, -0.05) is 15.9 Å². The summed E-state index contributed by atoms with van der Waals surface area (Å²) in [5, 5.41) is 0. The van der Waals surface area contributed by atoms with E-state index in [1.165, 1.54) is 0 Å². The Kier molecular flexibility index (Phi) is 4.02. The fourth-order valence-electron chi connectivity index (χ4n) is 0.912. The number of benzene rings is 1. The topological polar surface area (TPSA) is 18.5 Å². The van der Waals surface area contributed by atoms with Gasteiger partial charge in [0.05, 0.1) is 7.11 Å². The number of hydrogen-bond donors (Lipinski definition) is 0. The van der Waals surface area contributed by atoms with Gasteiger partial charge in [-0.2, -0.15) is 0 Å². The van der Waals surface area contributed by atoms with Crippen molar-refractivity contribution in [1.29, 1.82) is 0 Å². The SMILES string of the molecule is COc1ccc(Br)cc1OCCF. The van der Waals surface area contributed by atoms with E-state index in [2.05, 4.69) is 15.9 Å². The Morgan fingerprint density at radius 3 is 2.77 bits per heavy atom. The third-order valence-electron chi connectivity index (χ3n) is 1.46. The van der Waals surface area contributed by atoms with Crippen molar-refractivity contribution in [1.82, 2.24) is 0 Å². The summed E-state index contributed by atoms with van der Waals surface area (Å²) < 4.78 is 22.9. The van der Waals surface area contributed by atoms with Gasteiger partial charge in [-0.05, 0) is 18.2 Å². The van der Waals surface area contributed by atoms with Crippen LogP contribution in [0.3, 0.4) is 0 Å². The van der Waals surface area contributed by atoms with Crippen LogP contribution in [0.4, 0.5) is 4.39 Å². The first kappa shape index (κ1) is 10.3. The van der Waals surface area contributed by atoms with Crippen LogP contribution in [0.5, 0.6) is 11.5 Å². The lowest BCUT2D eigenvalue weighted by atomic mass is 10.3. The normalized spacial score (nSPS) is 9.77. The number of methoxy groups -OCH3 is 1. The van der Waals surface area contributed by atoms with Gasteiger partial charge in [-0.3, -0.25) is 0 Å². The van der Waals surface area contributed by atoms with Crippen LogP contribution in [0.15, 0.2) is 22.7 Å². The lowest BCUT2D eigenvalue weighted by Crippen LogP contribution is -2.00. The molecule has 0 radical (unpaired) electrons. The van der Waals surface area contributed by atoms with Gasteiger partial charge in [0, 0.05) is 4.47 Å². The van der Waals surface area contributed by atoms with Crippen molar-refractivity contribution in [2.45, 2.75) is 0 Å². The Hall–Kier alpha value is -0.770. The van der Waals surface area contributed by atoms with Crippen LogP contribution in [0.2, 0.25) is 0 Å². The molecule has 0 bridgehead atoms. The van der Waals surface area contributed by atoms with Crippen LogP contribution in [-0.2, 0) is 0 Å². The van der Waals surface area contributed by atoms with E-state index in [0.29, 0.717) is 11.5 Å². The molecular weight excluding hydrogens is 239 g/mol. The van der Waals surface area contributed by atoms with Crippen LogP contribution >= 0.6 is 15.9 Å². The largest absolute Gasteiger partial charge is 0.493 e. The predicted octanol–water partition coefficient (Wildman–Crippen LogP) is 2.81. The molecule has 0 heterocycles. The van der Waals surface area contributed by atoms with Crippen LogP contribution < -0.4 is 9.47 Å². The fourth-order valence-corrected chi connectivity index (χ4v) is 1.25. The van der Waals surface area contributed by atoms with Gasteiger partial charge in [0.2, 0.25) is 0 Å². The van der Waals surface area contributed by atoms with Crippen LogP contribution in [0.1, 0.15) is 0 Å². The van der Waals surface area contributed by atoms with Crippen molar-refractivity contribution >= 4 is 15.9 Å². The lowest BCUT2D eigenvalue weighted by Gasteiger charge is -2.09. The average Bonchev–Trinajstić information content (AvgIpc) is 2.15. The third kappa shape index (κ3) is 2.88. The van der Waals surface area contributed by atoms with E-state index < -0.39 is 6.67 Å². The Morgan fingerprint density at radius 1 is 1.38 bits per heavy atom. The van der Waals surface area contributed by atoms with E-state index in [9.17, 15) is 4.39 Å². The number of alkyl halides is 1. The summed E-state index contributed by atoms with van der Waals surface area (Å²) >= 11 is 3.29. The third-order valence-corrected chi connectivity index (χ3v) is 1.95. The molecule has 2 nitrogen and oxygen atoms in total. The second-order valence-corrected chi connectivity index (χ2v) is 3.25. The maximum atomic E-state index is 11.8. The smallest absolute Gasteiger partial charge is 0.162 e. The van der Waals surface area contributed by atoms with Gasteiger partial charge in [-0.15, -0.1) is 0 Å². The molecule has 0 amide bonds. The molecule has 0 fully saturated rings. The van der Waals surface area contributed by atoms with E-state index in [1.807, 2.05) is 6.07 Å². The highest BCUT2D eigenvalue weighted by atomic mass is 79.9. The van der Waals surface area contributed by atoms with Crippen LogP contribution in [0.25, 0.3) is 0 Å². The summed E-state index contributed by atoms with van der Waals surface area (Å²) in [7, 11) is 1.55. The Bertz CT molecular complexity index is 278. The van der Waals surface area contributed by atoms with Crippen LogP contribution in [0, 0.1) is 0 Å². The van der Waals surface area contributed by atoms with Crippen molar-refractivity contribution < 1.29 is 13.9 Å². The second kappa shape index (κ2) is 5.07. The molecule has 1 rings (SSSR count). The van der Waals surface area contributed by atoms with Gasteiger partial charge < -0.3 is 9.47 Å². The lowest BCUT2D eigenvalue weighted by molar-refractivity contribution is 0.260. The minimum Gasteiger partial charge on any atom is -0.493 e. The van der Waals surface area contributed by atoms with Gasteiger partial charge in [0.15, 0.2) is 11.5 Å². The molecule has 0 unspecified atom stereocenters. The minimum atomic E-state index is -0.504. The first-order valence-electron chi connectivity index (χ1n) is 3.80. The first-order chi connectivity index (χ1) is 6.27. The predicted molar refractivity (Wildman–Crippen MR) is 52.2 cm³/mol. The molecule has 0 atom stereocenters. The molecule has 0 aliphatic heterocycles. The molecule has 4 heteroatoms. The zero-order chi connectivity index (χ0) is 9.68. The first-order valence-corrected chi connectivity index (χ1v) is 4.59. The standard InChI is InChI=1S/C9H10BrFO2/c1-12-8-3-2-7(10)6-9(8)13-5-4-11/h2-3,6H,4-5H2,1H3. The molecule has 72 valence electrons. The van der Waals surface area contributed by atoms with Crippen molar-refractivity contribution in [2.24, 2.45) is 0 Å². The molecule has 1 aromatic rings. The number of halogens is 2. The Labute approximate surface area is 84.8 Å². The second-order valence-electron chi connectivity index (χ2n) is 2.33. The van der Waals surface area contributed by atoms with Gasteiger partial charge in [0.1, 0.15) is 13.3 Å². The van der Waals surface area contributed by atoms with Crippen molar-refractivity contribution in [3.8, 4) is 11.5 Å². The zero-order valence-electron chi connectivity index (χ0n) is 7.22. The monoisotopic (exact) mass is 248 g/mol. The maximum Gasteiger partial charge on any atom is 0.162 e. The average molecular weight is 249 g/mol. The maximum absolute atomic E-state index is 11.8. The molecule has 0 N–H and O–H groups in total. The van der Waals surface area contributed by atoms with Crippen LogP contribution in [-0.4, -0.2) is 20.4 Å². The van der Waals surface area contributed by atoms with E-state index >= 15 is 0 Å². The molecule has 1 aromatic carbocycles. The molecule has 0 aromatic heterocycles. The number of rotatable bonds is 4. The van der Waals surface area contributed by atoms with Crippen molar-refractivity contribution in [3.63, 3.8) is 0 Å².